The summed E-state index contributed by atoms with van der Waals surface area (Å²) in [5, 5.41) is 11.9. The highest BCUT2D eigenvalue weighted by atomic mass is 16.5. The summed E-state index contributed by atoms with van der Waals surface area (Å²) in [6.07, 6.45) is 0. The average Bonchev–Trinajstić information content (AvgIpc) is 2.35. The van der Waals surface area contributed by atoms with Crippen molar-refractivity contribution in [2.45, 2.75) is 27.7 Å². The molecule has 0 heterocycles. The number of nitrogens with two attached hydrogens (primary N) is 1. The minimum absolute atomic E-state index is 0.00162. The lowest BCUT2D eigenvalue weighted by atomic mass is 9.88. The van der Waals surface area contributed by atoms with Gasteiger partial charge in [-0.15, -0.1) is 0 Å². The van der Waals surface area contributed by atoms with Gasteiger partial charge in [-0.25, -0.2) is 4.79 Å². The standard InChI is InChI=1S/C13H18N2O3/c1-6-7(2)10(12(14)15-17)9(4)11(8(6)3)13(16)18-5/h17H,1-5H3,(H2,14,15). The fourth-order valence-electron chi connectivity index (χ4n) is 2.19. The highest BCUT2D eigenvalue weighted by Crippen LogP contribution is 2.27. The van der Waals surface area contributed by atoms with Gasteiger partial charge in [0.25, 0.3) is 0 Å². The Hall–Kier alpha value is -2.04. The van der Waals surface area contributed by atoms with Crippen molar-refractivity contribution in [2.75, 3.05) is 7.11 Å². The highest BCUT2D eigenvalue weighted by molar-refractivity contribution is 6.04. The normalized spacial score (nSPS) is 11.5. The van der Waals surface area contributed by atoms with Gasteiger partial charge in [0.2, 0.25) is 0 Å². The molecule has 0 amide bonds. The van der Waals surface area contributed by atoms with Crippen LogP contribution in [0.15, 0.2) is 5.16 Å². The van der Waals surface area contributed by atoms with Gasteiger partial charge in [0, 0.05) is 5.56 Å². The number of carbonyl (C=O) groups is 1. The van der Waals surface area contributed by atoms with Crippen LogP contribution >= 0.6 is 0 Å². The summed E-state index contributed by atoms with van der Waals surface area (Å²) >= 11 is 0. The first-order valence-electron chi connectivity index (χ1n) is 5.53. The molecule has 1 rings (SSSR count). The number of methoxy groups -OCH3 is 1. The second kappa shape index (κ2) is 5.08. The van der Waals surface area contributed by atoms with Gasteiger partial charge in [-0.3, -0.25) is 0 Å². The van der Waals surface area contributed by atoms with Gasteiger partial charge in [0.15, 0.2) is 5.84 Å². The minimum Gasteiger partial charge on any atom is -0.465 e. The van der Waals surface area contributed by atoms with E-state index in [4.69, 9.17) is 15.7 Å². The van der Waals surface area contributed by atoms with Crippen molar-refractivity contribution in [3.05, 3.63) is 33.4 Å². The molecule has 0 unspecified atom stereocenters. The van der Waals surface area contributed by atoms with Gasteiger partial charge in [0.05, 0.1) is 12.7 Å². The Kier molecular flexibility index (Phi) is 3.96. The minimum atomic E-state index is -0.417. The molecule has 0 aliphatic carbocycles. The highest BCUT2D eigenvalue weighted by Gasteiger charge is 2.22. The molecule has 0 saturated carbocycles. The van der Waals surface area contributed by atoms with Gasteiger partial charge in [0.1, 0.15) is 0 Å². The van der Waals surface area contributed by atoms with Gasteiger partial charge in [-0.1, -0.05) is 5.16 Å². The van der Waals surface area contributed by atoms with E-state index in [1.165, 1.54) is 7.11 Å². The van der Waals surface area contributed by atoms with Crippen molar-refractivity contribution in [1.82, 2.24) is 0 Å². The van der Waals surface area contributed by atoms with E-state index in [0.29, 0.717) is 16.7 Å². The second-order valence-electron chi connectivity index (χ2n) is 4.23. The Balaban J connectivity index is 3.76. The van der Waals surface area contributed by atoms with Crippen molar-refractivity contribution in [3.8, 4) is 0 Å². The van der Waals surface area contributed by atoms with Crippen LogP contribution in [0.1, 0.15) is 38.2 Å². The topological polar surface area (TPSA) is 84.9 Å². The Morgan fingerprint density at radius 3 is 2.00 bits per heavy atom. The second-order valence-corrected chi connectivity index (χ2v) is 4.23. The van der Waals surface area contributed by atoms with Crippen molar-refractivity contribution in [3.63, 3.8) is 0 Å². The molecule has 0 fully saturated rings. The maximum absolute atomic E-state index is 11.8. The molecule has 0 radical (unpaired) electrons. The van der Waals surface area contributed by atoms with Gasteiger partial charge in [-0.2, -0.15) is 0 Å². The smallest absolute Gasteiger partial charge is 0.338 e. The fourth-order valence-corrected chi connectivity index (χ4v) is 2.19. The SMILES string of the molecule is COC(=O)c1c(C)c(C)c(C)c(C(N)=NO)c1C. The van der Waals surface area contributed by atoms with E-state index in [1.807, 2.05) is 20.8 Å². The number of hydrogen-bond donors (Lipinski definition) is 2. The van der Waals surface area contributed by atoms with Crippen LogP contribution in [0.4, 0.5) is 0 Å². The lowest BCUT2D eigenvalue weighted by Crippen LogP contribution is -2.21. The predicted octanol–water partition coefficient (Wildman–Crippen LogP) is 1.80. The Labute approximate surface area is 106 Å². The molecule has 18 heavy (non-hydrogen) atoms. The third kappa shape index (κ3) is 2.03. The number of hydrogen-bond acceptors (Lipinski definition) is 4. The molecule has 0 atom stereocenters. The Bertz CT molecular complexity index is 534. The van der Waals surface area contributed by atoms with Crippen LogP contribution in [0, 0.1) is 27.7 Å². The molecular formula is C13H18N2O3. The maximum atomic E-state index is 11.8. The van der Waals surface area contributed by atoms with E-state index in [9.17, 15) is 4.79 Å². The third-order valence-corrected chi connectivity index (χ3v) is 3.38. The number of esters is 1. The number of carbonyl (C=O) groups excluding carboxylic acids is 1. The van der Waals surface area contributed by atoms with Crippen LogP contribution < -0.4 is 5.73 Å². The molecular weight excluding hydrogens is 232 g/mol. The van der Waals surface area contributed by atoms with E-state index < -0.39 is 5.97 Å². The molecule has 1 aromatic rings. The molecule has 0 aromatic heterocycles. The first-order chi connectivity index (χ1) is 8.36. The number of nitrogens with zero attached hydrogens (tertiary/aromatic N) is 1. The Morgan fingerprint density at radius 1 is 1.06 bits per heavy atom. The van der Waals surface area contributed by atoms with Crippen LogP contribution in [0.25, 0.3) is 0 Å². The lowest BCUT2D eigenvalue weighted by Gasteiger charge is -2.18. The molecule has 5 nitrogen and oxygen atoms in total. The number of oxime groups is 1. The van der Waals surface area contributed by atoms with Crippen LogP contribution in [0.2, 0.25) is 0 Å². The number of rotatable bonds is 2. The van der Waals surface area contributed by atoms with E-state index in [1.54, 1.807) is 6.92 Å². The molecule has 98 valence electrons. The van der Waals surface area contributed by atoms with Crippen LogP contribution in [-0.2, 0) is 4.74 Å². The summed E-state index contributed by atoms with van der Waals surface area (Å²) in [5.41, 5.74) is 10.1. The maximum Gasteiger partial charge on any atom is 0.338 e. The number of amidine groups is 1. The third-order valence-electron chi connectivity index (χ3n) is 3.38. The Morgan fingerprint density at radius 2 is 1.56 bits per heavy atom. The summed E-state index contributed by atoms with van der Waals surface area (Å²) in [7, 11) is 1.33. The van der Waals surface area contributed by atoms with E-state index in [-0.39, 0.29) is 5.84 Å². The zero-order valence-corrected chi connectivity index (χ0v) is 11.3. The molecule has 1 aromatic carbocycles. The molecule has 0 aliphatic rings. The van der Waals surface area contributed by atoms with Crippen molar-refractivity contribution >= 4 is 11.8 Å². The summed E-state index contributed by atoms with van der Waals surface area (Å²) < 4.78 is 4.78. The fraction of sp³-hybridized carbons (Fsp3) is 0.385. The van der Waals surface area contributed by atoms with Gasteiger partial charge in [-0.05, 0) is 49.9 Å². The molecule has 0 saturated heterocycles. The van der Waals surface area contributed by atoms with Crippen molar-refractivity contribution in [1.29, 1.82) is 0 Å². The average molecular weight is 250 g/mol. The van der Waals surface area contributed by atoms with Crippen molar-refractivity contribution < 1.29 is 14.7 Å². The zero-order chi connectivity index (χ0) is 14.0. The molecule has 5 heteroatoms. The molecule has 0 spiro atoms. The quantitative estimate of drug-likeness (QED) is 0.275. The van der Waals surface area contributed by atoms with E-state index in [0.717, 1.165) is 16.7 Å². The summed E-state index contributed by atoms with van der Waals surface area (Å²) in [5.74, 6) is -0.418. The predicted molar refractivity (Wildman–Crippen MR) is 69.2 cm³/mol. The number of benzene rings is 1. The summed E-state index contributed by atoms with van der Waals surface area (Å²) in [4.78, 5) is 11.8. The molecule has 0 aliphatic heterocycles. The lowest BCUT2D eigenvalue weighted by molar-refractivity contribution is 0.0599. The molecule has 3 N–H and O–H groups in total. The van der Waals surface area contributed by atoms with Crippen LogP contribution in [-0.4, -0.2) is 24.1 Å². The first kappa shape index (κ1) is 14.0. The largest absolute Gasteiger partial charge is 0.465 e. The van der Waals surface area contributed by atoms with E-state index in [2.05, 4.69) is 5.16 Å². The van der Waals surface area contributed by atoms with E-state index >= 15 is 0 Å². The van der Waals surface area contributed by atoms with Crippen LogP contribution in [0.3, 0.4) is 0 Å². The molecule has 0 bridgehead atoms. The monoisotopic (exact) mass is 250 g/mol. The van der Waals surface area contributed by atoms with Gasteiger partial charge >= 0.3 is 5.97 Å². The summed E-state index contributed by atoms with van der Waals surface area (Å²) in [6, 6.07) is 0. The van der Waals surface area contributed by atoms with Crippen LogP contribution in [0.5, 0.6) is 0 Å². The number of ether oxygens (including phenoxy) is 1. The van der Waals surface area contributed by atoms with Crippen molar-refractivity contribution in [2.24, 2.45) is 10.9 Å². The first-order valence-corrected chi connectivity index (χ1v) is 5.53. The zero-order valence-electron chi connectivity index (χ0n) is 11.3. The van der Waals surface area contributed by atoms with Gasteiger partial charge < -0.3 is 15.7 Å². The summed E-state index contributed by atoms with van der Waals surface area (Å²) in [6.45, 7) is 7.39.